The minimum Gasteiger partial charge on any atom is -0.494 e. The van der Waals surface area contributed by atoms with Crippen LogP contribution in [0.3, 0.4) is 0 Å². The Morgan fingerprint density at radius 1 is 1.47 bits per heavy atom. The van der Waals surface area contributed by atoms with Crippen LogP contribution < -0.4 is 4.74 Å². The minimum atomic E-state index is -0.939. The molecular weight excluding hydrogens is 212 g/mol. The Hall–Kier alpha value is -1.55. The highest BCUT2D eigenvalue weighted by molar-refractivity contribution is 7.21. The standard InChI is InChI=1S/C11H10O3S/c1-6-3-4-7-8(5-6)15-10(11(12)13)9(7)14-2/h3-5H,1-2H3,(H,12,13). The Morgan fingerprint density at radius 2 is 2.20 bits per heavy atom. The normalized spacial score (nSPS) is 10.5. The molecule has 0 atom stereocenters. The van der Waals surface area contributed by atoms with E-state index in [1.165, 1.54) is 18.4 Å². The lowest BCUT2D eigenvalue weighted by Gasteiger charge is -1.98. The number of carboxylic acids is 1. The topological polar surface area (TPSA) is 46.5 Å². The van der Waals surface area contributed by atoms with Crippen LogP contribution >= 0.6 is 11.3 Å². The lowest BCUT2D eigenvalue weighted by atomic mass is 10.2. The first-order chi connectivity index (χ1) is 7.13. The molecule has 4 heteroatoms. The summed E-state index contributed by atoms with van der Waals surface area (Å²) in [4.78, 5) is 11.2. The number of hydrogen-bond acceptors (Lipinski definition) is 3. The summed E-state index contributed by atoms with van der Waals surface area (Å²) in [7, 11) is 1.49. The number of carboxylic acid groups (broad SMARTS) is 1. The van der Waals surface area contributed by atoms with Crippen LogP contribution in [0, 0.1) is 6.92 Å². The number of carbonyl (C=O) groups is 1. The SMILES string of the molecule is COc1c(C(=O)O)sc2cc(C)ccc12. The summed E-state index contributed by atoms with van der Waals surface area (Å²) in [5.74, 6) is -0.479. The Morgan fingerprint density at radius 3 is 2.80 bits per heavy atom. The molecule has 0 spiro atoms. The Balaban J connectivity index is 2.78. The van der Waals surface area contributed by atoms with Crippen LogP contribution in [-0.2, 0) is 0 Å². The summed E-state index contributed by atoms with van der Waals surface area (Å²) in [6.45, 7) is 1.98. The van der Waals surface area contributed by atoms with Crippen molar-refractivity contribution in [3.05, 3.63) is 28.6 Å². The molecular formula is C11H10O3S. The molecule has 1 aromatic carbocycles. The Bertz CT molecular complexity index is 528. The lowest BCUT2D eigenvalue weighted by Crippen LogP contribution is -1.95. The van der Waals surface area contributed by atoms with E-state index in [0.717, 1.165) is 15.6 Å². The highest BCUT2D eigenvalue weighted by atomic mass is 32.1. The van der Waals surface area contributed by atoms with E-state index in [-0.39, 0.29) is 4.88 Å². The lowest BCUT2D eigenvalue weighted by molar-refractivity contribution is 0.0699. The number of rotatable bonds is 2. The number of aryl methyl sites for hydroxylation is 1. The largest absolute Gasteiger partial charge is 0.494 e. The molecule has 0 amide bonds. The van der Waals surface area contributed by atoms with Crippen LogP contribution in [0.5, 0.6) is 5.75 Å². The molecule has 0 aliphatic heterocycles. The summed E-state index contributed by atoms with van der Waals surface area (Å²) < 4.78 is 6.08. The van der Waals surface area contributed by atoms with Crippen LogP contribution in [0.25, 0.3) is 10.1 Å². The van der Waals surface area contributed by atoms with E-state index in [9.17, 15) is 4.79 Å². The zero-order valence-corrected chi connectivity index (χ0v) is 9.22. The third-order valence-corrected chi connectivity index (χ3v) is 3.32. The smallest absolute Gasteiger partial charge is 0.349 e. The molecule has 0 unspecified atom stereocenters. The van der Waals surface area contributed by atoms with Gasteiger partial charge in [-0.3, -0.25) is 0 Å². The van der Waals surface area contributed by atoms with Gasteiger partial charge in [0.25, 0.3) is 0 Å². The monoisotopic (exact) mass is 222 g/mol. The van der Waals surface area contributed by atoms with E-state index in [2.05, 4.69) is 0 Å². The van der Waals surface area contributed by atoms with Gasteiger partial charge in [-0.25, -0.2) is 4.79 Å². The second-order valence-electron chi connectivity index (χ2n) is 3.27. The molecule has 0 saturated heterocycles. The highest BCUT2D eigenvalue weighted by Gasteiger charge is 2.18. The van der Waals surface area contributed by atoms with E-state index in [1.807, 2.05) is 25.1 Å². The van der Waals surface area contributed by atoms with Crippen molar-refractivity contribution >= 4 is 27.4 Å². The molecule has 0 aliphatic carbocycles. The Kier molecular flexibility index (Phi) is 2.36. The van der Waals surface area contributed by atoms with Crippen LogP contribution in [0.15, 0.2) is 18.2 Å². The van der Waals surface area contributed by atoms with E-state index >= 15 is 0 Å². The van der Waals surface area contributed by atoms with Gasteiger partial charge in [-0.05, 0) is 24.6 Å². The predicted molar refractivity (Wildman–Crippen MR) is 60.1 cm³/mol. The van der Waals surface area contributed by atoms with Gasteiger partial charge in [0.2, 0.25) is 0 Å². The van der Waals surface area contributed by atoms with E-state index in [1.54, 1.807) is 0 Å². The first kappa shape index (κ1) is 9.98. The van der Waals surface area contributed by atoms with Gasteiger partial charge in [-0.1, -0.05) is 6.07 Å². The van der Waals surface area contributed by atoms with Crippen molar-refractivity contribution in [2.24, 2.45) is 0 Å². The molecule has 0 saturated carbocycles. The fourth-order valence-electron chi connectivity index (χ4n) is 1.52. The van der Waals surface area contributed by atoms with E-state index in [4.69, 9.17) is 9.84 Å². The summed E-state index contributed by atoms with van der Waals surface area (Å²) >= 11 is 1.25. The van der Waals surface area contributed by atoms with Gasteiger partial charge in [0.15, 0.2) is 10.6 Å². The molecule has 1 aromatic heterocycles. The maximum absolute atomic E-state index is 11.0. The third-order valence-electron chi connectivity index (χ3n) is 2.20. The molecule has 15 heavy (non-hydrogen) atoms. The number of methoxy groups -OCH3 is 1. The average Bonchev–Trinajstić information content (AvgIpc) is 2.55. The molecule has 0 aliphatic rings. The van der Waals surface area contributed by atoms with Crippen molar-refractivity contribution in [2.75, 3.05) is 7.11 Å². The van der Waals surface area contributed by atoms with Gasteiger partial charge in [0, 0.05) is 10.1 Å². The van der Waals surface area contributed by atoms with Gasteiger partial charge in [-0.2, -0.15) is 0 Å². The summed E-state index contributed by atoms with van der Waals surface area (Å²) in [5, 5.41) is 9.86. The van der Waals surface area contributed by atoms with Gasteiger partial charge < -0.3 is 9.84 Å². The number of benzene rings is 1. The molecule has 0 fully saturated rings. The molecule has 78 valence electrons. The average molecular weight is 222 g/mol. The van der Waals surface area contributed by atoms with Crippen LogP contribution in [0.1, 0.15) is 15.2 Å². The molecule has 0 radical (unpaired) electrons. The summed E-state index contributed by atoms with van der Waals surface area (Å²) in [6, 6.07) is 5.81. The van der Waals surface area contributed by atoms with Crippen LogP contribution in [0.2, 0.25) is 0 Å². The summed E-state index contributed by atoms with van der Waals surface area (Å²) in [5.41, 5.74) is 1.11. The molecule has 0 bridgehead atoms. The number of ether oxygens (including phenoxy) is 1. The maximum Gasteiger partial charge on any atom is 0.349 e. The molecule has 1 heterocycles. The van der Waals surface area contributed by atoms with Gasteiger partial charge >= 0.3 is 5.97 Å². The van der Waals surface area contributed by atoms with Gasteiger partial charge in [0.05, 0.1) is 7.11 Å². The van der Waals surface area contributed by atoms with Crippen molar-refractivity contribution in [1.29, 1.82) is 0 Å². The number of hydrogen-bond donors (Lipinski definition) is 1. The van der Waals surface area contributed by atoms with Crippen LogP contribution in [0.4, 0.5) is 0 Å². The maximum atomic E-state index is 11.0. The Labute approximate surface area is 90.9 Å². The quantitative estimate of drug-likeness (QED) is 0.849. The number of fused-ring (bicyclic) bond motifs is 1. The molecule has 2 aromatic rings. The van der Waals surface area contributed by atoms with Crippen molar-refractivity contribution in [3.63, 3.8) is 0 Å². The molecule has 1 N–H and O–H groups in total. The van der Waals surface area contributed by atoms with E-state index < -0.39 is 5.97 Å². The third kappa shape index (κ3) is 1.57. The van der Waals surface area contributed by atoms with Crippen molar-refractivity contribution < 1.29 is 14.6 Å². The molecule has 3 nitrogen and oxygen atoms in total. The van der Waals surface area contributed by atoms with Gasteiger partial charge in [-0.15, -0.1) is 11.3 Å². The summed E-state index contributed by atoms with van der Waals surface area (Å²) in [6.07, 6.45) is 0. The second-order valence-corrected chi connectivity index (χ2v) is 4.32. The van der Waals surface area contributed by atoms with Crippen LogP contribution in [-0.4, -0.2) is 18.2 Å². The molecule has 2 rings (SSSR count). The predicted octanol–water partition coefficient (Wildman–Crippen LogP) is 2.92. The number of aromatic carboxylic acids is 1. The zero-order valence-electron chi connectivity index (χ0n) is 8.40. The van der Waals surface area contributed by atoms with Crippen molar-refractivity contribution in [1.82, 2.24) is 0 Å². The van der Waals surface area contributed by atoms with Gasteiger partial charge in [0.1, 0.15) is 0 Å². The van der Waals surface area contributed by atoms with Crippen molar-refractivity contribution in [2.45, 2.75) is 6.92 Å². The van der Waals surface area contributed by atoms with Crippen molar-refractivity contribution in [3.8, 4) is 5.75 Å². The first-order valence-electron chi connectivity index (χ1n) is 4.44. The second kappa shape index (κ2) is 3.55. The number of thiophene rings is 1. The first-order valence-corrected chi connectivity index (χ1v) is 5.25. The fraction of sp³-hybridized carbons (Fsp3) is 0.182. The highest BCUT2D eigenvalue weighted by Crippen LogP contribution is 2.37. The zero-order chi connectivity index (χ0) is 11.0. The van der Waals surface area contributed by atoms with E-state index in [0.29, 0.717) is 5.75 Å². The minimum absolute atomic E-state index is 0.262. The fourth-order valence-corrected chi connectivity index (χ4v) is 2.63.